The van der Waals surface area contributed by atoms with Crippen LogP contribution >= 0.6 is 0 Å². The molecule has 1 aromatic carbocycles. The summed E-state index contributed by atoms with van der Waals surface area (Å²) in [6.45, 7) is 1.54. The normalized spacial score (nSPS) is 15.6. The smallest absolute Gasteiger partial charge is 0.191 e. The summed E-state index contributed by atoms with van der Waals surface area (Å²) in [7, 11) is 1.75. The van der Waals surface area contributed by atoms with Crippen molar-refractivity contribution in [2.24, 2.45) is 10.9 Å². The Morgan fingerprint density at radius 1 is 1.39 bits per heavy atom. The first-order chi connectivity index (χ1) is 8.78. The van der Waals surface area contributed by atoms with E-state index in [-0.39, 0.29) is 5.82 Å². The van der Waals surface area contributed by atoms with E-state index in [0.717, 1.165) is 24.0 Å². The molecular formula is C14H20FN3. The van der Waals surface area contributed by atoms with E-state index in [1.807, 2.05) is 6.07 Å². The molecule has 2 N–H and O–H groups in total. The van der Waals surface area contributed by atoms with Gasteiger partial charge < -0.3 is 10.6 Å². The third-order valence-corrected chi connectivity index (χ3v) is 3.11. The van der Waals surface area contributed by atoms with Gasteiger partial charge in [-0.3, -0.25) is 4.99 Å². The number of aliphatic imine (C=N–C) groups is 1. The molecule has 1 aliphatic carbocycles. The first-order valence-corrected chi connectivity index (χ1v) is 6.47. The summed E-state index contributed by atoms with van der Waals surface area (Å²) in [5, 5.41) is 6.45. The van der Waals surface area contributed by atoms with Crippen molar-refractivity contribution >= 4 is 5.96 Å². The van der Waals surface area contributed by atoms with Gasteiger partial charge >= 0.3 is 0 Å². The van der Waals surface area contributed by atoms with Crippen LogP contribution < -0.4 is 10.6 Å². The second-order valence-electron chi connectivity index (χ2n) is 4.71. The molecule has 1 fully saturated rings. The van der Waals surface area contributed by atoms with Crippen LogP contribution in [0.1, 0.15) is 24.8 Å². The fourth-order valence-corrected chi connectivity index (χ4v) is 1.85. The highest BCUT2D eigenvalue weighted by molar-refractivity contribution is 5.79. The molecule has 0 atom stereocenters. The topological polar surface area (TPSA) is 36.4 Å². The zero-order chi connectivity index (χ0) is 12.8. The van der Waals surface area contributed by atoms with Gasteiger partial charge in [0.2, 0.25) is 0 Å². The monoisotopic (exact) mass is 249 g/mol. The lowest BCUT2D eigenvalue weighted by atomic mass is 10.2. The van der Waals surface area contributed by atoms with Gasteiger partial charge in [0.15, 0.2) is 5.96 Å². The molecule has 2 rings (SSSR count). The average molecular weight is 249 g/mol. The highest BCUT2D eigenvalue weighted by atomic mass is 19.1. The van der Waals surface area contributed by atoms with Crippen LogP contribution in [-0.2, 0) is 6.54 Å². The number of hydrogen-bond acceptors (Lipinski definition) is 1. The summed E-state index contributed by atoms with van der Waals surface area (Å²) in [5.74, 6) is 1.49. The largest absolute Gasteiger partial charge is 0.356 e. The Morgan fingerprint density at radius 2 is 2.22 bits per heavy atom. The maximum absolute atomic E-state index is 13.0. The van der Waals surface area contributed by atoms with E-state index in [9.17, 15) is 4.39 Å². The number of benzene rings is 1. The van der Waals surface area contributed by atoms with Gasteiger partial charge in [-0.2, -0.15) is 0 Å². The molecule has 0 saturated heterocycles. The predicted molar refractivity (Wildman–Crippen MR) is 71.9 cm³/mol. The minimum atomic E-state index is -0.203. The zero-order valence-electron chi connectivity index (χ0n) is 10.7. The summed E-state index contributed by atoms with van der Waals surface area (Å²) < 4.78 is 13.0. The molecule has 0 radical (unpaired) electrons. The molecule has 1 aliphatic rings. The van der Waals surface area contributed by atoms with Crippen LogP contribution in [0.5, 0.6) is 0 Å². The highest BCUT2D eigenvalue weighted by Crippen LogP contribution is 2.31. The molecule has 0 heterocycles. The van der Waals surface area contributed by atoms with E-state index in [1.54, 1.807) is 13.1 Å². The van der Waals surface area contributed by atoms with E-state index in [4.69, 9.17) is 0 Å². The maximum atomic E-state index is 13.0. The Labute approximate surface area is 108 Å². The van der Waals surface area contributed by atoms with Gasteiger partial charge in [0.25, 0.3) is 0 Å². The van der Waals surface area contributed by atoms with Crippen molar-refractivity contribution in [3.8, 4) is 0 Å². The second-order valence-corrected chi connectivity index (χ2v) is 4.71. The van der Waals surface area contributed by atoms with Crippen LogP contribution in [0.2, 0.25) is 0 Å². The van der Waals surface area contributed by atoms with Crippen molar-refractivity contribution in [1.29, 1.82) is 0 Å². The van der Waals surface area contributed by atoms with Crippen LogP contribution in [0.15, 0.2) is 29.3 Å². The van der Waals surface area contributed by atoms with E-state index in [2.05, 4.69) is 15.6 Å². The van der Waals surface area contributed by atoms with Crippen LogP contribution in [0.4, 0.5) is 4.39 Å². The van der Waals surface area contributed by atoms with Crippen LogP contribution in [0, 0.1) is 11.7 Å². The molecule has 4 heteroatoms. The van der Waals surface area contributed by atoms with Gasteiger partial charge in [-0.25, -0.2) is 4.39 Å². The van der Waals surface area contributed by atoms with Crippen LogP contribution in [-0.4, -0.2) is 19.6 Å². The molecule has 0 unspecified atom stereocenters. The summed E-state index contributed by atoms with van der Waals surface area (Å²) in [5.41, 5.74) is 0.917. The number of halogens is 1. The van der Waals surface area contributed by atoms with Crippen molar-refractivity contribution in [1.82, 2.24) is 10.6 Å². The van der Waals surface area contributed by atoms with E-state index >= 15 is 0 Å². The molecular weight excluding hydrogens is 229 g/mol. The molecule has 0 aliphatic heterocycles. The lowest BCUT2D eigenvalue weighted by Gasteiger charge is -2.11. The molecule has 0 bridgehead atoms. The number of nitrogens with zero attached hydrogens (tertiary/aromatic N) is 1. The van der Waals surface area contributed by atoms with Crippen molar-refractivity contribution in [2.75, 3.05) is 13.6 Å². The Hall–Kier alpha value is -1.58. The second kappa shape index (κ2) is 6.38. The third-order valence-electron chi connectivity index (χ3n) is 3.11. The van der Waals surface area contributed by atoms with Gasteiger partial charge in [0.1, 0.15) is 5.82 Å². The Kier molecular flexibility index (Phi) is 4.56. The summed E-state index contributed by atoms with van der Waals surface area (Å²) in [6.07, 6.45) is 3.95. The Morgan fingerprint density at radius 3 is 2.89 bits per heavy atom. The van der Waals surface area contributed by atoms with E-state index in [0.29, 0.717) is 6.54 Å². The maximum Gasteiger partial charge on any atom is 0.191 e. The molecule has 0 aromatic heterocycles. The minimum absolute atomic E-state index is 0.203. The predicted octanol–water partition coefficient (Wildman–Crippen LogP) is 2.29. The average Bonchev–Trinajstić information content (AvgIpc) is 3.17. The number of rotatable bonds is 5. The minimum Gasteiger partial charge on any atom is -0.356 e. The summed E-state index contributed by atoms with van der Waals surface area (Å²) >= 11 is 0. The lowest BCUT2D eigenvalue weighted by Crippen LogP contribution is -2.37. The number of guanidine groups is 1. The van der Waals surface area contributed by atoms with Gasteiger partial charge in [0, 0.05) is 20.1 Å². The zero-order valence-corrected chi connectivity index (χ0v) is 10.7. The quantitative estimate of drug-likeness (QED) is 0.620. The van der Waals surface area contributed by atoms with Gasteiger partial charge in [-0.1, -0.05) is 25.0 Å². The Balaban J connectivity index is 1.72. The van der Waals surface area contributed by atoms with Crippen LogP contribution in [0.3, 0.4) is 0 Å². The number of nitrogens with one attached hydrogen (secondary N) is 2. The fourth-order valence-electron chi connectivity index (χ4n) is 1.85. The molecule has 0 spiro atoms. The fraction of sp³-hybridized carbons (Fsp3) is 0.500. The molecule has 1 aromatic rings. The molecule has 3 nitrogen and oxygen atoms in total. The SMILES string of the molecule is CN=C(NCCC1CC1)NCc1cccc(F)c1. The van der Waals surface area contributed by atoms with Gasteiger partial charge in [0.05, 0.1) is 0 Å². The standard InChI is InChI=1S/C14H20FN3/c1-16-14(17-8-7-11-5-6-11)18-10-12-3-2-4-13(15)9-12/h2-4,9,11H,5-8,10H2,1H3,(H2,16,17,18). The molecule has 1 saturated carbocycles. The lowest BCUT2D eigenvalue weighted by molar-refractivity contribution is 0.624. The number of hydrogen-bond donors (Lipinski definition) is 2. The third kappa shape index (κ3) is 4.35. The van der Waals surface area contributed by atoms with E-state index in [1.165, 1.54) is 31.4 Å². The van der Waals surface area contributed by atoms with Crippen molar-refractivity contribution in [3.63, 3.8) is 0 Å². The van der Waals surface area contributed by atoms with Crippen molar-refractivity contribution in [2.45, 2.75) is 25.8 Å². The van der Waals surface area contributed by atoms with Gasteiger partial charge in [-0.15, -0.1) is 0 Å². The first-order valence-electron chi connectivity index (χ1n) is 6.47. The molecule has 18 heavy (non-hydrogen) atoms. The summed E-state index contributed by atoms with van der Waals surface area (Å²) in [6, 6.07) is 6.60. The molecule has 0 amide bonds. The van der Waals surface area contributed by atoms with Crippen molar-refractivity contribution in [3.05, 3.63) is 35.6 Å². The highest BCUT2D eigenvalue weighted by Gasteiger charge is 2.20. The first kappa shape index (κ1) is 12.9. The van der Waals surface area contributed by atoms with Crippen molar-refractivity contribution < 1.29 is 4.39 Å². The van der Waals surface area contributed by atoms with Gasteiger partial charge in [-0.05, 0) is 30.0 Å². The Bertz CT molecular complexity index is 413. The van der Waals surface area contributed by atoms with E-state index < -0.39 is 0 Å². The molecule has 98 valence electrons. The van der Waals surface area contributed by atoms with Crippen LogP contribution in [0.25, 0.3) is 0 Å². The summed E-state index contributed by atoms with van der Waals surface area (Å²) in [4.78, 5) is 4.14.